The smallest absolute Gasteiger partial charge is 0.0707 e. The summed E-state index contributed by atoms with van der Waals surface area (Å²) in [5, 5.41) is 3.57. The Morgan fingerprint density at radius 1 is 1.19 bits per heavy atom. The van der Waals surface area contributed by atoms with Crippen LogP contribution in [0.2, 0.25) is 0 Å². The molecule has 1 aliphatic carbocycles. The molecule has 0 amide bonds. The fourth-order valence-electron chi connectivity index (χ4n) is 3.09. The van der Waals surface area contributed by atoms with E-state index in [0.717, 1.165) is 12.5 Å². The molecule has 1 saturated carbocycles. The number of ether oxygens (including phenoxy) is 1. The zero-order chi connectivity index (χ0) is 11.4. The van der Waals surface area contributed by atoms with E-state index in [1.165, 1.54) is 51.5 Å². The average Bonchev–Trinajstić information content (AvgIpc) is 2.82. The predicted molar refractivity (Wildman–Crippen MR) is 67.6 cm³/mol. The third kappa shape index (κ3) is 3.74. The van der Waals surface area contributed by atoms with Crippen LogP contribution in [0.5, 0.6) is 0 Å². The molecule has 1 unspecified atom stereocenters. The lowest BCUT2D eigenvalue weighted by molar-refractivity contribution is -0.0142. The van der Waals surface area contributed by atoms with Crippen LogP contribution in [0.1, 0.15) is 58.8 Å². The number of hydrogen-bond donors (Lipinski definition) is 1. The van der Waals surface area contributed by atoms with Crippen molar-refractivity contribution in [1.82, 2.24) is 5.32 Å². The summed E-state index contributed by atoms with van der Waals surface area (Å²) < 4.78 is 5.96. The van der Waals surface area contributed by atoms with Crippen LogP contribution >= 0.6 is 0 Å². The maximum Gasteiger partial charge on any atom is 0.0707 e. The van der Waals surface area contributed by atoms with E-state index in [2.05, 4.69) is 19.2 Å². The van der Waals surface area contributed by atoms with Gasteiger partial charge in [0, 0.05) is 6.54 Å². The molecule has 94 valence electrons. The normalized spacial score (nSPS) is 30.0. The minimum atomic E-state index is 0.123. The van der Waals surface area contributed by atoms with E-state index in [1.54, 1.807) is 0 Å². The highest BCUT2D eigenvalue weighted by molar-refractivity contribution is 4.82. The van der Waals surface area contributed by atoms with E-state index in [0.29, 0.717) is 6.10 Å². The zero-order valence-electron chi connectivity index (χ0n) is 10.9. The molecular formula is C14H27NO. The molecule has 2 rings (SSSR count). The van der Waals surface area contributed by atoms with Gasteiger partial charge >= 0.3 is 0 Å². The van der Waals surface area contributed by atoms with Gasteiger partial charge in [0.05, 0.1) is 11.7 Å². The first kappa shape index (κ1) is 12.4. The Morgan fingerprint density at radius 2 is 1.94 bits per heavy atom. The van der Waals surface area contributed by atoms with E-state index < -0.39 is 0 Å². The Balaban J connectivity index is 1.51. The minimum absolute atomic E-state index is 0.123. The van der Waals surface area contributed by atoms with Crippen molar-refractivity contribution < 1.29 is 4.74 Å². The van der Waals surface area contributed by atoms with Gasteiger partial charge in [0.15, 0.2) is 0 Å². The summed E-state index contributed by atoms with van der Waals surface area (Å²) in [7, 11) is 0. The van der Waals surface area contributed by atoms with Crippen LogP contribution in [0.25, 0.3) is 0 Å². The third-order valence-corrected chi connectivity index (χ3v) is 4.13. The standard InChI is InChI=1S/C14H27NO/c1-14(2)9-7-13(16-14)11-15-10-8-12-5-3-4-6-12/h12-13,15H,3-11H2,1-2H3. The van der Waals surface area contributed by atoms with Gasteiger partial charge < -0.3 is 10.1 Å². The first-order chi connectivity index (χ1) is 7.66. The van der Waals surface area contributed by atoms with Gasteiger partial charge in [0.2, 0.25) is 0 Å². The van der Waals surface area contributed by atoms with Crippen molar-refractivity contribution in [2.75, 3.05) is 13.1 Å². The Labute approximate surface area is 100 Å². The highest BCUT2D eigenvalue weighted by Gasteiger charge is 2.31. The summed E-state index contributed by atoms with van der Waals surface area (Å²) in [4.78, 5) is 0. The fraction of sp³-hybridized carbons (Fsp3) is 1.00. The highest BCUT2D eigenvalue weighted by Crippen LogP contribution is 2.29. The molecule has 1 N–H and O–H groups in total. The van der Waals surface area contributed by atoms with E-state index in [4.69, 9.17) is 4.74 Å². The predicted octanol–water partition coefficient (Wildman–Crippen LogP) is 3.11. The second kappa shape index (κ2) is 5.50. The monoisotopic (exact) mass is 225 g/mol. The van der Waals surface area contributed by atoms with E-state index in [-0.39, 0.29) is 5.60 Å². The molecule has 16 heavy (non-hydrogen) atoms. The van der Waals surface area contributed by atoms with Gasteiger partial charge in [-0.3, -0.25) is 0 Å². The van der Waals surface area contributed by atoms with E-state index in [9.17, 15) is 0 Å². The molecule has 2 heteroatoms. The van der Waals surface area contributed by atoms with Crippen molar-refractivity contribution in [3.05, 3.63) is 0 Å². The minimum Gasteiger partial charge on any atom is -0.371 e. The van der Waals surface area contributed by atoms with Crippen LogP contribution in [0.4, 0.5) is 0 Å². The molecular weight excluding hydrogens is 198 g/mol. The van der Waals surface area contributed by atoms with Crippen LogP contribution in [0.15, 0.2) is 0 Å². The van der Waals surface area contributed by atoms with Gasteiger partial charge in [-0.2, -0.15) is 0 Å². The molecule has 0 aromatic rings. The lowest BCUT2D eigenvalue weighted by Crippen LogP contribution is -2.30. The van der Waals surface area contributed by atoms with Crippen LogP contribution in [-0.4, -0.2) is 24.8 Å². The number of rotatable bonds is 5. The fourth-order valence-corrected chi connectivity index (χ4v) is 3.09. The SMILES string of the molecule is CC1(C)CCC(CNCCC2CCCC2)O1. The molecule has 0 bridgehead atoms. The van der Waals surface area contributed by atoms with E-state index >= 15 is 0 Å². The molecule has 0 aromatic carbocycles. The molecule has 1 aliphatic heterocycles. The summed E-state index contributed by atoms with van der Waals surface area (Å²) in [6.07, 6.45) is 10.1. The van der Waals surface area contributed by atoms with Crippen molar-refractivity contribution >= 4 is 0 Å². The van der Waals surface area contributed by atoms with Crippen molar-refractivity contribution in [2.24, 2.45) is 5.92 Å². The molecule has 0 spiro atoms. The van der Waals surface area contributed by atoms with Crippen molar-refractivity contribution in [2.45, 2.75) is 70.5 Å². The van der Waals surface area contributed by atoms with Gasteiger partial charge in [-0.05, 0) is 45.6 Å². The molecule has 2 nitrogen and oxygen atoms in total. The number of hydrogen-bond acceptors (Lipinski definition) is 2. The van der Waals surface area contributed by atoms with Gasteiger partial charge in [-0.25, -0.2) is 0 Å². The quantitative estimate of drug-likeness (QED) is 0.726. The lowest BCUT2D eigenvalue weighted by atomic mass is 10.0. The summed E-state index contributed by atoms with van der Waals surface area (Å²) in [5.41, 5.74) is 0.123. The summed E-state index contributed by atoms with van der Waals surface area (Å²) in [6, 6.07) is 0. The first-order valence-electron chi connectivity index (χ1n) is 7.04. The average molecular weight is 225 g/mol. The van der Waals surface area contributed by atoms with Crippen LogP contribution in [0.3, 0.4) is 0 Å². The largest absolute Gasteiger partial charge is 0.371 e. The van der Waals surface area contributed by atoms with Gasteiger partial charge in [-0.15, -0.1) is 0 Å². The lowest BCUT2D eigenvalue weighted by Gasteiger charge is -2.19. The van der Waals surface area contributed by atoms with Gasteiger partial charge in [0.1, 0.15) is 0 Å². The molecule has 1 saturated heterocycles. The third-order valence-electron chi connectivity index (χ3n) is 4.13. The topological polar surface area (TPSA) is 21.3 Å². The van der Waals surface area contributed by atoms with Gasteiger partial charge in [0.25, 0.3) is 0 Å². The van der Waals surface area contributed by atoms with Crippen molar-refractivity contribution in [1.29, 1.82) is 0 Å². The van der Waals surface area contributed by atoms with Gasteiger partial charge in [-0.1, -0.05) is 25.7 Å². The maximum atomic E-state index is 5.96. The molecule has 2 aliphatic rings. The molecule has 1 atom stereocenters. The van der Waals surface area contributed by atoms with Crippen LogP contribution in [0, 0.1) is 5.92 Å². The summed E-state index contributed by atoms with van der Waals surface area (Å²) in [5.74, 6) is 1.01. The Morgan fingerprint density at radius 3 is 2.56 bits per heavy atom. The summed E-state index contributed by atoms with van der Waals surface area (Å²) >= 11 is 0. The Bertz CT molecular complexity index is 209. The molecule has 0 aromatic heterocycles. The van der Waals surface area contributed by atoms with Crippen molar-refractivity contribution in [3.63, 3.8) is 0 Å². The molecule has 2 fully saturated rings. The van der Waals surface area contributed by atoms with Crippen LogP contribution < -0.4 is 5.32 Å². The Kier molecular flexibility index (Phi) is 4.26. The highest BCUT2D eigenvalue weighted by atomic mass is 16.5. The van der Waals surface area contributed by atoms with Crippen LogP contribution in [-0.2, 0) is 4.74 Å². The first-order valence-corrected chi connectivity index (χ1v) is 7.04. The molecule has 1 heterocycles. The summed E-state index contributed by atoms with van der Waals surface area (Å²) in [6.45, 7) is 6.64. The Hall–Kier alpha value is -0.0800. The second-order valence-corrected chi connectivity index (χ2v) is 6.18. The molecule has 0 radical (unpaired) electrons. The second-order valence-electron chi connectivity index (χ2n) is 6.18. The maximum absolute atomic E-state index is 5.96. The zero-order valence-corrected chi connectivity index (χ0v) is 10.9. The van der Waals surface area contributed by atoms with E-state index in [1.807, 2.05) is 0 Å². The van der Waals surface area contributed by atoms with Crippen molar-refractivity contribution in [3.8, 4) is 0 Å². The number of nitrogens with one attached hydrogen (secondary N) is 1.